The van der Waals surface area contributed by atoms with Crippen molar-refractivity contribution in [3.05, 3.63) is 54.6 Å². The Morgan fingerprint density at radius 3 is 2.40 bits per heavy atom. The average Bonchev–Trinajstić information content (AvgIpc) is 3.24. The van der Waals surface area contributed by atoms with Crippen molar-refractivity contribution in [3.63, 3.8) is 0 Å². The third-order valence-electron chi connectivity index (χ3n) is 4.92. The molecule has 1 aromatic carbocycles. The summed E-state index contributed by atoms with van der Waals surface area (Å²) in [4.78, 5) is 29.9. The number of carbonyl (C=O) groups is 1. The quantitative estimate of drug-likeness (QED) is 0.564. The van der Waals surface area contributed by atoms with Crippen LogP contribution in [0, 0.1) is 0 Å². The number of hydrogen-bond donors (Lipinski definition) is 0. The van der Waals surface area contributed by atoms with E-state index in [2.05, 4.69) is 38.8 Å². The van der Waals surface area contributed by atoms with Gasteiger partial charge in [-0.15, -0.1) is 5.10 Å². The highest BCUT2D eigenvalue weighted by Gasteiger charge is 2.23. The highest BCUT2D eigenvalue weighted by Crippen LogP contribution is 2.22. The van der Waals surface area contributed by atoms with Crippen molar-refractivity contribution in [1.82, 2.24) is 29.6 Å². The van der Waals surface area contributed by atoms with Gasteiger partial charge in [0.2, 0.25) is 17.0 Å². The first-order valence-corrected chi connectivity index (χ1v) is 11.1. The highest BCUT2D eigenvalue weighted by molar-refractivity contribution is 7.99. The first-order chi connectivity index (χ1) is 14.6. The van der Waals surface area contributed by atoms with Crippen LogP contribution < -0.4 is 4.90 Å². The lowest BCUT2D eigenvalue weighted by atomic mass is 10.2. The standard InChI is InChI=1S/C21H25N7OS/c1-16(2)19-24-21(25-28(19)17-7-4-3-5-8-17)30-15-18(29)26-11-13-27(14-12-26)20-22-9-6-10-23-20/h3-10,16H,11-15H2,1-2H3. The number of amides is 1. The molecular weight excluding hydrogens is 398 g/mol. The van der Waals surface area contributed by atoms with E-state index >= 15 is 0 Å². The second-order valence-electron chi connectivity index (χ2n) is 7.36. The largest absolute Gasteiger partial charge is 0.338 e. The maximum Gasteiger partial charge on any atom is 0.233 e. The van der Waals surface area contributed by atoms with Gasteiger partial charge in [0.1, 0.15) is 5.82 Å². The lowest BCUT2D eigenvalue weighted by Crippen LogP contribution is -2.49. The van der Waals surface area contributed by atoms with E-state index in [0.29, 0.717) is 24.0 Å². The second kappa shape index (κ2) is 9.25. The summed E-state index contributed by atoms with van der Waals surface area (Å²) >= 11 is 1.39. The van der Waals surface area contributed by atoms with Crippen LogP contribution in [0.3, 0.4) is 0 Å². The Bertz CT molecular complexity index is 970. The van der Waals surface area contributed by atoms with Crippen molar-refractivity contribution in [2.24, 2.45) is 0 Å². The Hall–Kier alpha value is -2.94. The fraction of sp³-hybridized carbons (Fsp3) is 0.381. The van der Waals surface area contributed by atoms with Gasteiger partial charge in [0.25, 0.3) is 0 Å². The minimum atomic E-state index is 0.107. The van der Waals surface area contributed by atoms with E-state index in [9.17, 15) is 4.79 Å². The van der Waals surface area contributed by atoms with Gasteiger partial charge in [0.05, 0.1) is 11.4 Å². The van der Waals surface area contributed by atoms with Crippen molar-refractivity contribution >= 4 is 23.6 Å². The summed E-state index contributed by atoms with van der Waals surface area (Å²) in [6, 6.07) is 11.8. The zero-order valence-electron chi connectivity index (χ0n) is 17.2. The topological polar surface area (TPSA) is 80.0 Å². The molecule has 1 fully saturated rings. The Labute approximate surface area is 180 Å². The zero-order chi connectivity index (χ0) is 20.9. The van der Waals surface area contributed by atoms with Gasteiger partial charge in [-0.05, 0) is 18.2 Å². The van der Waals surface area contributed by atoms with Crippen molar-refractivity contribution in [1.29, 1.82) is 0 Å². The van der Waals surface area contributed by atoms with Crippen LogP contribution in [-0.4, -0.2) is 67.5 Å². The van der Waals surface area contributed by atoms with Gasteiger partial charge in [-0.1, -0.05) is 43.8 Å². The molecule has 0 spiro atoms. The van der Waals surface area contributed by atoms with Crippen molar-refractivity contribution in [2.45, 2.75) is 24.9 Å². The number of anilines is 1. The van der Waals surface area contributed by atoms with Crippen LogP contribution in [0.15, 0.2) is 53.9 Å². The normalized spacial score (nSPS) is 14.4. The first-order valence-electron chi connectivity index (χ1n) is 10.1. The van der Waals surface area contributed by atoms with Gasteiger partial charge in [-0.25, -0.2) is 19.6 Å². The van der Waals surface area contributed by atoms with Crippen LogP contribution in [0.25, 0.3) is 5.69 Å². The Balaban J connectivity index is 1.35. The van der Waals surface area contributed by atoms with Gasteiger partial charge in [-0.2, -0.15) is 0 Å². The Morgan fingerprint density at radius 2 is 1.73 bits per heavy atom. The van der Waals surface area contributed by atoms with Crippen LogP contribution >= 0.6 is 11.8 Å². The minimum Gasteiger partial charge on any atom is -0.338 e. The number of nitrogens with zero attached hydrogens (tertiary/aromatic N) is 7. The minimum absolute atomic E-state index is 0.107. The van der Waals surface area contributed by atoms with Crippen molar-refractivity contribution in [2.75, 3.05) is 36.8 Å². The molecule has 9 heteroatoms. The molecule has 3 aromatic rings. The van der Waals surface area contributed by atoms with Crippen LogP contribution in [0.5, 0.6) is 0 Å². The van der Waals surface area contributed by atoms with Gasteiger partial charge < -0.3 is 9.80 Å². The summed E-state index contributed by atoms with van der Waals surface area (Å²) in [6.45, 7) is 7.00. The van der Waals surface area contributed by atoms with E-state index in [1.54, 1.807) is 18.5 Å². The fourth-order valence-electron chi connectivity index (χ4n) is 3.33. The molecule has 0 saturated carbocycles. The zero-order valence-corrected chi connectivity index (χ0v) is 18.0. The number of piperazine rings is 1. The van der Waals surface area contributed by atoms with E-state index in [0.717, 1.165) is 30.5 Å². The van der Waals surface area contributed by atoms with Crippen LogP contribution in [0.4, 0.5) is 5.95 Å². The molecule has 0 bridgehead atoms. The third kappa shape index (κ3) is 4.62. The van der Waals surface area contributed by atoms with E-state index in [4.69, 9.17) is 0 Å². The molecule has 1 aliphatic heterocycles. The predicted octanol–water partition coefficient (Wildman–Crippen LogP) is 2.62. The molecule has 156 valence electrons. The van der Waals surface area contributed by atoms with E-state index in [1.807, 2.05) is 39.9 Å². The predicted molar refractivity (Wildman–Crippen MR) is 117 cm³/mol. The lowest BCUT2D eigenvalue weighted by molar-refractivity contribution is -0.128. The molecule has 0 unspecified atom stereocenters. The molecule has 8 nitrogen and oxygen atoms in total. The van der Waals surface area contributed by atoms with Gasteiger partial charge in [0, 0.05) is 44.5 Å². The number of rotatable bonds is 6. The van der Waals surface area contributed by atoms with E-state index in [-0.39, 0.29) is 11.8 Å². The van der Waals surface area contributed by atoms with Crippen LogP contribution in [0.2, 0.25) is 0 Å². The van der Waals surface area contributed by atoms with Crippen LogP contribution in [-0.2, 0) is 4.79 Å². The van der Waals surface area contributed by atoms with E-state index in [1.165, 1.54) is 11.8 Å². The molecule has 30 heavy (non-hydrogen) atoms. The molecule has 2 aromatic heterocycles. The molecule has 0 N–H and O–H groups in total. The lowest BCUT2D eigenvalue weighted by Gasteiger charge is -2.34. The van der Waals surface area contributed by atoms with Crippen molar-refractivity contribution < 1.29 is 4.79 Å². The number of para-hydroxylation sites is 1. The molecule has 4 rings (SSSR count). The number of carbonyl (C=O) groups excluding carboxylic acids is 1. The molecular formula is C21H25N7OS. The van der Waals surface area contributed by atoms with Gasteiger partial charge in [-0.3, -0.25) is 4.79 Å². The number of benzene rings is 1. The molecule has 0 radical (unpaired) electrons. The summed E-state index contributed by atoms with van der Waals surface area (Å²) in [7, 11) is 0. The number of hydrogen-bond acceptors (Lipinski definition) is 7. The van der Waals surface area contributed by atoms with Gasteiger partial charge >= 0.3 is 0 Å². The first kappa shape index (κ1) is 20.3. The molecule has 1 aliphatic rings. The molecule has 1 saturated heterocycles. The monoisotopic (exact) mass is 423 g/mol. The molecule has 1 amide bonds. The Kier molecular flexibility index (Phi) is 6.27. The maximum atomic E-state index is 12.7. The molecule has 3 heterocycles. The molecule has 0 atom stereocenters. The highest BCUT2D eigenvalue weighted by atomic mass is 32.2. The summed E-state index contributed by atoms with van der Waals surface area (Å²) < 4.78 is 1.87. The third-order valence-corrected chi connectivity index (χ3v) is 5.74. The average molecular weight is 424 g/mol. The van der Waals surface area contributed by atoms with Crippen molar-refractivity contribution in [3.8, 4) is 5.69 Å². The van der Waals surface area contributed by atoms with Crippen LogP contribution in [0.1, 0.15) is 25.6 Å². The maximum absolute atomic E-state index is 12.7. The Morgan fingerprint density at radius 1 is 1.03 bits per heavy atom. The summed E-state index contributed by atoms with van der Waals surface area (Å²) in [5.41, 5.74) is 0.978. The SMILES string of the molecule is CC(C)c1nc(SCC(=O)N2CCN(c3ncccn3)CC2)nn1-c1ccccc1. The number of thioether (sulfide) groups is 1. The summed E-state index contributed by atoms with van der Waals surface area (Å²) in [6.07, 6.45) is 3.48. The summed E-state index contributed by atoms with van der Waals surface area (Å²) in [5, 5.41) is 5.28. The van der Waals surface area contributed by atoms with E-state index < -0.39 is 0 Å². The summed E-state index contributed by atoms with van der Waals surface area (Å²) in [5.74, 6) is 2.29. The van der Waals surface area contributed by atoms with Gasteiger partial charge in [0.15, 0.2) is 0 Å². The second-order valence-corrected chi connectivity index (χ2v) is 8.30. The molecule has 0 aliphatic carbocycles. The number of aromatic nitrogens is 5. The fourth-order valence-corrected chi connectivity index (χ4v) is 4.06. The smallest absolute Gasteiger partial charge is 0.233 e.